The highest BCUT2D eigenvalue weighted by molar-refractivity contribution is 5.95. The van der Waals surface area contributed by atoms with E-state index in [4.69, 9.17) is 0 Å². The summed E-state index contributed by atoms with van der Waals surface area (Å²) in [7, 11) is 3.25. The van der Waals surface area contributed by atoms with Crippen molar-refractivity contribution in [2.24, 2.45) is 0 Å². The molecule has 1 rings (SSSR count). The van der Waals surface area contributed by atoms with Crippen molar-refractivity contribution < 1.29 is 22.8 Å². The van der Waals surface area contributed by atoms with Gasteiger partial charge < -0.3 is 10.2 Å². The minimum atomic E-state index is -4.38. The first-order valence-corrected chi connectivity index (χ1v) is 6.95. The van der Waals surface area contributed by atoms with E-state index in [0.717, 1.165) is 12.1 Å². The first kappa shape index (κ1) is 18.7. The lowest BCUT2D eigenvalue weighted by Crippen LogP contribution is -2.29. The van der Waals surface area contributed by atoms with Crippen molar-refractivity contribution in [1.82, 2.24) is 10.2 Å². The van der Waals surface area contributed by atoms with E-state index >= 15 is 0 Å². The largest absolute Gasteiger partial charge is 0.416 e. The lowest BCUT2D eigenvalue weighted by Gasteiger charge is -2.10. The number of nitrogens with one attached hydrogen (secondary N) is 1. The summed E-state index contributed by atoms with van der Waals surface area (Å²) in [6, 6.07) is 4.58. The number of allylic oxidation sites excluding steroid dienone is 1. The molecule has 1 aromatic carbocycles. The van der Waals surface area contributed by atoms with Crippen molar-refractivity contribution in [3.8, 4) is 0 Å². The minimum absolute atomic E-state index is 0.103. The molecule has 0 aliphatic heterocycles. The Kier molecular flexibility index (Phi) is 6.36. The number of nitrogens with zero attached hydrogens (tertiary/aromatic N) is 1. The van der Waals surface area contributed by atoms with E-state index in [-0.39, 0.29) is 18.9 Å². The molecule has 0 unspecified atom stereocenters. The molecule has 0 spiro atoms. The van der Waals surface area contributed by atoms with Crippen LogP contribution in [0.15, 0.2) is 30.3 Å². The van der Waals surface area contributed by atoms with E-state index in [1.807, 2.05) is 0 Å². The van der Waals surface area contributed by atoms with Gasteiger partial charge in [-0.1, -0.05) is 12.1 Å². The van der Waals surface area contributed by atoms with Crippen LogP contribution in [0.3, 0.4) is 0 Å². The Morgan fingerprint density at radius 3 is 2.22 bits per heavy atom. The van der Waals surface area contributed by atoms with Gasteiger partial charge in [-0.3, -0.25) is 9.59 Å². The molecule has 0 heterocycles. The number of benzene rings is 1. The van der Waals surface area contributed by atoms with Crippen LogP contribution in [0.1, 0.15) is 24.5 Å². The van der Waals surface area contributed by atoms with Gasteiger partial charge in [0, 0.05) is 33.1 Å². The maximum absolute atomic E-state index is 12.5. The number of hydrogen-bond donors (Lipinski definition) is 1. The Balaban J connectivity index is 2.62. The molecule has 0 atom stereocenters. The van der Waals surface area contributed by atoms with E-state index in [1.54, 1.807) is 21.0 Å². The molecular formula is C16H19F3N2O2. The van der Waals surface area contributed by atoms with Crippen LogP contribution in [0.2, 0.25) is 0 Å². The molecule has 0 aliphatic rings. The van der Waals surface area contributed by atoms with Gasteiger partial charge >= 0.3 is 6.18 Å². The average molecular weight is 328 g/mol. The summed E-state index contributed by atoms with van der Waals surface area (Å²) in [4.78, 5) is 24.5. The normalized spacial score (nSPS) is 12.0. The fourth-order valence-corrected chi connectivity index (χ4v) is 1.77. The highest BCUT2D eigenvalue weighted by Gasteiger charge is 2.29. The number of alkyl halides is 3. The van der Waals surface area contributed by atoms with Gasteiger partial charge in [0.05, 0.1) is 5.56 Å². The lowest BCUT2D eigenvalue weighted by atomic mass is 10.0. The van der Waals surface area contributed by atoms with Crippen LogP contribution >= 0.6 is 0 Å². The Bertz CT molecular complexity index is 590. The predicted molar refractivity (Wildman–Crippen MR) is 81.4 cm³/mol. The van der Waals surface area contributed by atoms with Crippen molar-refractivity contribution in [1.29, 1.82) is 0 Å². The summed E-state index contributed by atoms with van der Waals surface area (Å²) in [5.74, 6) is -0.498. The zero-order valence-electron chi connectivity index (χ0n) is 13.2. The van der Waals surface area contributed by atoms with Crippen LogP contribution in [0.5, 0.6) is 0 Å². The number of halogens is 3. The van der Waals surface area contributed by atoms with Gasteiger partial charge in [-0.25, -0.2) is 0 Å². The van der Waals surface area contributed by atoms with E-state index in [1.165, 1.54) is 23.1 Å². The quantitative estimate of drug-likeness (QED) is 0.845. The zero-order valence-corrected chi connectivity index (χ0v) is 13.2. The number of carbonyl (C=O) groups excluding carboxylic acids is 2. The first-order chi connectivity index (χ1) is 10.6. The Morgan fingerprint density at radius 2 is 1.74 bits per heavy atom. The SMILES string of the molecule is CC(=CC(=O)NCCC(=O)N(C)C)c1ccc(C(F)(F)F)cc1. The van der Waals surface area contributed by atoms with E-state index < -0.39 is 17.6 Å². The highest BCUT2D eigenvalue weighted by Crippen LogP contribution is 2.29. The molecule has 126 valence electrons. The van der Waals surface area contributed by atoms with Gasteiger partial charge in [-0.05, 0) is 30.2 Å². The highest BCUT2D eigenvalue weighted by atomic mass is 19.4. The monoisotopic (exact) mass is 328 g/mol. The van der Waals surface area contributed by atoms with Gasteiger partial charge in [0.25, 0.3) is 0 Å². The second kappa shape index (κ2) is 7.80. The maximum atomic E-state index is 12.5. The maximum Gasteiger partial charge on any atom is 0.416 e. The Morgan fingerprint density at radius 1 is 1.17 bits per heavy atom. The predicted octanol–water partition coefficient (Wildman–Crippen LogP) is 2.70. The second-order valence-corrected chi connectivity index (χ2v) is 5.23. The fraction of sp³-hybridized carbons (Fsp3) is 0.375. The van der Waals surface area contributed by atoms with E-state index in [2.05, 4.69) is 5.32 Å². The molecule has 2 amide bonds. The Labute approximate surface area is 133 Å². The van der Waals surface area contributed by atoms with E-state index in [9.17, 15) is 22.8 Å². The third kappa shape index (κ3) is 6.14. The summed E-state index contributed by atoms with van der Waals surface area (Å²) < 4.78 is 37.4. The molecule has 0 radical (unpaired) electrons. The van der Waals surface area contributed by atoms with Gasteiger partial charge in [0.15, 0.2) is 0 Å². The number of carbonyl (C=O) groups is 2. The van der Waals surface area contributed by atoms with Gasteiger partial charge in [-0.15, -0.1) is 0 Å². The molecule has 0 aromatic heterocycles. The van der Waals surface area contributed by atoms with Crippen LogP contribution in [-0.4, -0.2) is 37.4 Å². The standard InChI is InChI=1S/C16H19F3N2O2/c1-11(10-14(22)20-9-8-15(23)21(2)3)12-4-6-13(7-5-12)16(17,18)19/h4-7,10H,8-9H2,1-3H3,(H,20,22). The molecular weight excluding hydrogens is 309 g/mol. The summed E-state index contributed by atoms with van der Waals surface area (Å²) in [6.45, 7) is 1.83. The Hall–Kier alpha value is -2.31. The molecule has 7 heteroatoms. The third-order valence-electron chi connectivity index (χ3n) is 3.15. The van der Waals surface area contributed by atoms with E-state index in [0.29, 0.717) is 11.1 Å². The van der Waals surface area contributed by atoms with Gasteiger partial charge in [0.1, 0.15) is 0 Å². The fourth-order valence-electron chi connectivity index (χ4n) is 1.77. The topological polar surface area (TPSA) is 49.4 Å². The lowest BCUT2D eigenvalue weighted by molar-refractivity contribution is -0.137. The van der Waals surface area contributed by atoms with Crippen LogP contribution in [0.25, 0.3) is 5.57 Å². The third-order valence-corrected chi connectivity index (χ3v) is 3.15. The average Bonchev–Trinajstić information content (AvgIpc) is 2.46. The molecule has 0 saturated heterocycles. The van der Waals surface area contributed by atoms with Gasteiger partial charge in [-0.2, -0.15) is 13.2 Å². The molecule has 0 aliphatic carbocycles. The second-order valence-electron chi connectivity index (χ2n) is 5.23. The summed E-state index contributed by atoms with van der Waals surface area (Å²) in [5, 5.41) is 2.56. The smallest absolute Gasteiger partial charge is 0.352 e. The van der Waals surface area contributed by atoms with Crippen LogP contribution in [0.4, 0.5) is 13.2 Å². The van der Waals surface area contributed by atoms with Crippen molar-refractivity contribution in [3.63, 3.8) is 0 Å². The molecule has 23 heavy (non-hydrogen) atoms. The van der Waals surface area contributed by atoms with Crippen molar-refractivity contribution in [2.45, 2.75) is 19.5 Å². The molecule has 0 bridgehead atoms. The first-order valence-electron chi connectivity index (χ1n) is 6.95. The molecule has 0 saturated carbocycles. The van der Waals surface area contributed by atoms with Crippen LogP contribution in [-0.2, 0) is 15.8 Å². The molecule has 4 nitrogen and oxygen atoms in total. The number of hydrogen-bond acceptors (Lipinski definition) is 2. The molecule has 1 aromatic rings. The van der Waals surface area contributed by atoms with Crippen molar-refractivity contribution >= 4 is 17.4 Å². The molecule has 1 N–H and O–H groups in total. The van der Waals surface area contributed by atoms with Crippen molar-refractivity contribution in [2.75, 3.05) is 20.6 Å². The van der Waals surface area contributed by atoms with Crippen LogP contribution < -0.4 is 5.32 Å². The summed E-state index contributed by atoms with van der Waals surface area (Å²) in [6.07, 6.45) is -2.90. The molecule has 0 fully saturated rings. The zero-order chi connectivity index (χ0) is 17.6. The number of amides is 2. The summed E-state index contributed by atoms with van der Waals surface area (Å²) >= 11 is 0. The number of rotatable bonds is 5. The summed E-state index contributed by atoms with van der Waals surface area (Å²) in [5.41, 5.74) is 0.327. The van der Waals surface area contributed by atoms with Crippen molar-refractivity contribution in [3.05, 3.63) is 41.5 Å². The van der Waals surface area contributed by atoms with Crippen LogP contribution in [0, 0.1) is 0 Å². The van der Waals surface area contributed by atoms with Gasteiger partial charge in [0.2, 0.25) is 11.8 Å². The minimum Gasteiger partial charge on any atom is -0.352 e.